The summed E-state index contributed by atoms with van der Waals surface area (Å²) in [6.45, 7) is 0. The zero-order chi connectivity index (χ0) is 31.7. The lowest BCUT2D eigenvalue weighted by Crippen LogP contribution is -2.32. The minimum absolute atomic E-state index is 0.541. The van der Waals surface area contributed by atoms with Crippen molar-refractivity contribution in [3.63, 3.8) is 0 Å². The number of hydrogen-bond acceptors (Lipinski definition) is 3. The predicted octanol–water partition coefficient (Wildman–Crippen LogP) is 11.1. The van der Waals surface area contributed by atoms with E-state index in [1.165, 1.54) is 27.6 Å². The summed E-state index contributed by atoms with van der Waals surface area (Å²) in [5, 5.41) is 2.35. The molecule has 0 radical (unpaired) electrons. The Morgan fingerprint density at radius 2 is 1.00 bits per heavy atom. The van der Waals surface area contributed by atoms with E-state index < -0.39 is 5.41 Å². The number of hydrogen-bond donors (Lipinski definition) is 0. The maximum absolute atomic E-state index is 6.69. The van der Waals surface area contributed by atoms with Gasteiger partial charge in [-0.2, -0.15) is 0 Å². The molecular formula is C45H28N2O. The molecule has 0 bridgehead atoms. The first-order valence-corrected chi connectivity index (χ1v) is 16.3. The SMILES string of the molecule is c1ccc(-c2nc(-c3ccc4c(c3)C3(c5ccccc5O4)c4ccccc4-c4ccccc43)cc(-c3cccc4ccccc34)n2)cc1. The quantitative estimate of drug-likeness (QED) is 0.199. The summed E-state index contributed by atoms with van der Waals surface area (Å²) in [6, 6.07) is 60.0. The monoisotopic (exact) mass is 612 g/mol. The van der Waals surface area contributed by atoms with Gasteiger partial charge in [0, 0.05) is 27.8 Å². The Kier molecular flexibility index (Phi) is 5.79. The molecule has 0 fully saturated rings. The van der Waals surface area contributed by atoms with Crippen LogP contribution in [-0.2, 0) is 5.41 Å². The highest BCUT2D eigenvalue weighted by molar-refractivity contribution is 5.96. The van der Waals surface area contributed by atoms with Crippen LogP contribution in [0.15, 0.2) is 170 Å². The topological polar surface area (TPSA) is 35.0 Å². The van der Waals surface area contributed by atoms with Crippen molar-refractivity contribution in [2.45, 2.75) is 5.41 Å². The van der Waals surface area contributed by atoms with Gasteiger partial charge in [0.15, 0.2) is 5.82 Å². The molecule has 0 N–H and O–H groups in total. The molecule has 0 unspecified atom stereocenters. The van der Waals surface area contributed by atoms with E-state index >= 15 is 0 Å². The Bertz CT molecular complexity index is 2500. The minimum atomic E-state index is -0.541. The Morgan fingerprint density at radius 1 is 0.396 bits per heavy atom. The standard InChI is InChI=1S/C45H28N2O/c1-2-14-30(15-3-1)44-46-40(28-41(47-44)35-20-12-16-29-13-4-5-17-32(29)35)31-25-26-43-39(27-31)45(38-23-10-11-24-42(38)48-43)36-21-8-6-18-33(36)34-19-7-9-22-37(34)45/h1-28H. The Morgan fingerprint density at radius 3 is 1.81 bits per heavy atom. The maximum Gasteiger partial charge on any atom is 0.160 e. The summed E-state index contributed by atoms with van der Waals surface area (Å²) in [7, 11) is 0. The van der Waals surface area contributed by atoms with Crippen molar-refractivity contribution >= 4 is 10.8 Å². The van der Waals surface area contributed by atoms with E-state index in [2.05, 4.69) is 152 Å². The van der Waals surface area contributed by atoms with Gasteiger partial charge in [-0.15, -0.1) is 0 Å². The molecule has 0 atom stereocenters. The van der Waals surface area contributed by atoms with Crippen LogP contribution in [0.5, 0.6) is 11.5 Å². The van der Waals surface area contributed by atoms with Crippen LogP contribution in [0.4, 0.5) is 0 Å². The number of rotatable bonds is 3. The van der Waals surface area contributed by atoms with E-state index in [4.69, 9.17) is 14.7 Å². The second-order valence-corrected chi connectivity index (χ2v) is 12.5. The van der Waals surface area contributed by atoms with E-state index in [0.717, 1.165) is 56.1 Å². The van der Waals surface area contributed by atoms with Crippen LogP contribution < -0.4 is 4.74 Å². The number of benzene rings is 7. The lowest BCUT2D eigenvalue weighted by Gasteiger charge is -2.39. The van der Waals surface area contributed by atoms with Gasteiger partial charge in [-0.05, 0) is 63.4 Å². The van der Waals surface area contributed by atoms with Gasteiger partial charge in [0.2, 0.25) is 0 Å². The van der Waals surface area contributed by atoms with E-state index in [0.29, 0.717) is 5.82 Å². The molecular weight excluding hydrogens is 585 g/mol. The number of aromatic nitrogens is 2. The molecule has 7 aromatic carbocycles. The van der Waals surface area contributed by atoms with Crippen LogP contribution in [0.3, 0.4) is 0 Å². The van der Waals surface area contributed by atoms with Crippen molar-refractivity contribution < 1.29 is 4.74 Å². The van der Waals surface area contributed by atoms with Gasteiger partial charge in [0.1, 0.15) is 11.5 Å². The molecule has 2 heterocycles. The summed E-state index contributed by atoms with van der Waals surface area (Å²) in [6.07, 6.45) is 0. The average molecular weight is 613 g/mol. The summed E-state index contributed by atoms with van der Waals surface area (Å²) in [5.41, 5.74) is 11.6. The average Bonchev–Trinajstić information content (AvgIpc) is 3.45. The number of fused-ring (bicyclic) bond motifs is 10. The van der Waals surface area contributed by atoms with E-state index in [9.17, 15) is 0 Å². The number of nitrogens with zero attached hydrogens (tertiary/aromatic N) is 2. The predicted molar refractivity (Wildman–Crippen MR) is 193 cm³/mol. The lowest BCUT2D eigenvalue weighted by molar-refractivity contribution is 0.436. The summed E-state index contributed by atoms with van der Waals surface area (Å²) in [5.74, 6) is 2.44. The molecule has 1 aliphatic carbocycles. The molecule has 1 spiro atoms. The molecule has 0 amide bonds. The van der Waals surface area contributed by atoms with Crippen molar-refractivity contribution in [1.82, 2.24) is 9.97 Å². The molecule has 3 heteroatoms. The summed E-state index contributed by atoms with van der Waals surface area (Å²) in [4.78, 5) is 10.4. The van der Waals surface area contributed by atoms with Crippen LogP contribution in [0, 0.1) is 0 Å². The molecule has 1 aliphatic heterocycles. The third-order valence-corrected chi connectivity index (χ3v) is 9.97. The molecule has 3 nitrogen and oxygen atoms in total. The molecule has 224 valence electrons. The fourth-order valence-electron chi connectivity index (χ4n) is 7.91. The van der Waals surface area contributed by atoms with Crippen LogP contribution in [-0.4, -0.2) is 9.97 Å². The van der Waals surface area contributed by atoms with Crippen LogP contribution in [0.1, 0.15) is 22.3 Å². The minimum Gasteiger partial charge on any atom is -0.457 e. The molecule has 0 saturated carbocycles. The van der Waals surface area contributed by atoms with Gasteiger partial charge in [-0.25, -0.2) is 9.97 Å². The van der Waals surface area contributed by atoms with Crippen LogP contribution in [0.2, 0.25) is 0 Å². The normalized spacial score (nSPS) is 13.3. The van der Waals surface area contributed by atoms with E-state index in [-0.39, 0.29) is 0 Å². The van der Waals surface area contributed by atoms with E-state index in [1.807, 2.05) is 18.2 Å². The molecule has 2 aliphatic rings. The lowest BCUT2D eigenvalue weighted by atomic mass is 9.66. The fourth-order valence-corrected chi connectivity index (χ4v) is 7.91. The van der Waals surface area contributed by atoms with Gasteiger partial charge in [-0.3, -0.25) is 0 Å². The Labute approximate surface area is 278 Å². The number of para-hydroxylation sites is 1. The van der Waals surface area contributed by atoms with Gasteiger partial charge in [0.05, 0.1) is 16.8 Å². The van der Waals surface area contributed by atoms with Gasteiger partial charge >= 0.3 is 0 Å². The van der Waals surface area contributed by atoms with Gasteiger partial charge < -0.3 is 4.74 Å². The van der Waals surface area contributed by atoms with Crippen LogP contribution >= 0.6 is 0 Å². The smallest absolute Gasteiger partial charge is 0.160 e. The maximum atomic E-state index is 6.69. The van der Waals surface area contributed by atoms with Gasteiger partial charge in [0.25, 0.3) is 0 Å². The Hall–Kier alpha value is -6.32. The molecule has 0 saturated heterocycles. The zero-order valence-electron chi connectivity index (χ0n) is 26.0. The van der Waals surface area contributed by atoms with Crippen molar-refractivity contribution in [1.29, 1.82) is 0 Å². The van der Waals surface area contributed by atoms with Crippen molar-refractivity contribution in [2.75, 3.05) is 0 Å². The third kappa shape index (κ3) is 3.82. The van der Waals surface area contributed by atoms with E-state index in [1.54, 1.807) is 0 Å². The Balaban J connectivity index is 1.25. The largest absolute Gasteiger partial charge is 0.457 e. The second-order valence-electron chi connectivity index (χ2n) is 12.5. The van der Waals surface area contributed by atoms with Gasteiger partial charge in [-0.1, -0.05) is 140 Å². The third-order valence-electron chi connectivity index (χ3n) is 9.97. The highest BCUT2D eigenvalue weighted by Gasteiger charge is 2.51. The molecule has 10 rings (SSSR count). The summed E-state index contributed by atoms with van der Waals surface area (Å²) < 4.78 is 6.69. The van der Waals surface area contributed by atoms with Crippen molar-refractivity contribution in [3.05, 3.63) is 192 Å². The highest BCUT2D eigenvalue weighted by Crippen LogP contribution is 2.62. The fraction of sp³-hybridized carbons (Fsp3) is 0.0222. The number of ether oxygens (including phenoxy) is 1. The van der Waals surface area contributed by atoms with Crippen LogP contribution in [0.25, 0.3) is 55.8 Å². The molecule has 1 aromatic heterocycles. The zero-order valence-corrected chi connectivity index (χ0v) is 26.0. The highest BCUT2D eigenvalue weighted by atomic mass is 16.5. The summed E-state index contributed by atoms with van der Waals surface area (Å²) >= 11 is 0. The first-order chi connectivity index (χ1) is 23.8. The molecule has 48 heavy (non-hydrogen) atoms. The van der Waals surface area contributed by atoms with Crippen molar-refractivity contribution in [2.24, 2.45) is 0 Å². The first kappa shape index (κ1) is 26.9. The second kappa shape index (κ2) is 10.3. The molecule has 8 aromatic rings. The van der Waals surface area contributed by atoms with Crippen molar-refractivity contribution in [3.8, 4) is 56.5 Å². The first-order valence-electron chi connectivity index (χ1n) is 16.3.